The zero-order chi connectivity index (χ0) is 14.9. The van der Waals surface area contributed by atoms with Crippen molar-refractivity contribution in [3.05, 3.63) is 46.9 Å². The Bertz CT molecular complexity index is 771. The molecule has 6 nitrogen and oxygen atoms in total. The molecule has 1 aromatic heterocycles. The summed E-state index contributed by atoms with van der Waals surface area (Å²) < 4.78 is 44.0. The molecule has 0 fully saturated rings. The SMILES string of the molecule is O=C(O)c1ccc(S(=O)(=O)Nc2cccc(Cl)c2F)o1. The van der Waals surface area contributed by atoms with Crippen LogP contribution < -0.4 is 4.72 Å². The first-order valence-corrected chi connectivity index (χ1v) is 6.97. The summed E-state index contributed by atoms with van der Waals surface area (Å²) in [6, 6.07) is 5.71. The summed E-state index contributed by atoms with van der Waals surface area (Å²) in [5.41, 5.74) is -0.370. The number of hydrogen-bond acceptors (Lipinski definition) is 4. The fourth-order valence-electron chi connectivity index (χ4n) is 1.36. The molecule has 0 atom stereocenters. The monoisotopic (exact) mass is 319 g/mol. The van der Waals surface area contributed by atoms with E-state index >= 15 is 0 Å². The van der Waals surface area contributed by atoms with Crippen molar-refractivity contribution in [1.82, 2.24) is 0 Å². The summed E-state index contributed by atoms with van der Waals surface area (Å²) >= 11 is 5.52. The van der Waals surface area contributed by atoms with Crippen LogP contribution in [0, 0.1) is 5.82 Å². The minimum Gasteiger partial charge on any atom is -0.475 e. The molecule has 0 radical (unpaired) electrons. The van der Waals surface area contributed by atoms with Crippen LogP contribution in [0.4, 0.5) is 10.1 Å². The second-order valence-corrected chi connectivity index (χ2v) is 5.65. The number of aromatic carboxylic acids is 1. The van der Waals surface area contributed by atoms with Gasteiger partial charge in [-0.15, -0.1) is 0 Å². The largest absolute Gasteiger partial charge is 0.475 e. The molecule has 0 spiro atoms. The molecule has 0 aliphatic heterocycles. The maximum atomic E-state index is 13.6. The number of nitrogens with one attached hydrogen (secondary N) is 1. The van der Waals surface area contributed by atoms with E-state index in [1.807, 2.05) is 4.72 Å². The van der Waals surface area contributed by atoms with Gasteiger partial charge in [0.05, 0.1) is 10.7 Å². The minimum atomic E-state index is -4.24. The van der Waals surface area contributed by atoms with E-state index in [1.165, 1.54) is 18.2 Å². The van der Waals surface area contributed by atoms with E-state index in [9.17, 15) is 17.6 Å². The van der Waals surface area contributed by atoms with Gasteiger partial charge in [0, 0.05) is 0 Å². The average molecular weight is 320 g/mol. The van der Waals surface area contributed by atoms with Crippen LogP contribution >= 0.6 is 11.6 Å². The topological polar surface area (TPSA) is 96.6 Å². The van der Waals surface area contributed by atoms with Gasteiger partial charge in [-0.2, -0.15) is 8.42 Å². The van der Waals surface area contributed by atoms with Gasteiger partial charge in [-0.05, 0) is 24.3 Å². The smallest absolute Gasteiger partial charge is 0.371 e. The van der Waals surface area contributed by atoms with E-state index in [-0.39, 0.29) is 10.7 Å². The number of sulfonamides is 1. The lowest BCUT2D eigenvalue weighted by molar-refractivity contribution is 0.0656. The van der Waals surface area contributed by atoms with E-state index in [2.05, 4.69) is 4.42 Å². The first kappa shape index (κ1) is 14.4. The van der Waals surface area contributed by atoms with Crippen LogP contribution in [0.25, 0.3) is 0 Å². The molecule has 20 heavy (non-hydrogen) atoms. The summed E-state index contributed by atoms with van der Waals surface area (Å²) in [7, 11) is -4.24. The van der Waals surface area contributed by atoms with E-state index in [4.69, 9.17) is 16.7 Å². The zero-order valence-electron chi connectivity index (χ0n) is 9.63. The van der Waals surface area contributed by atoms with Crippen molar-refractivity contribution in [3.8, 4) is 0 Å². The molecule has 0 saturated heterocycles. The highest BCUT2D eigenvalue weighted by Crippen LogP contribution is 2.25. The summed E-state index contributed by atoms with van der Waals surface area (Å²) in [6.07, 6.45) is 0. The lowest BCUT2D eigenvalue weighted by atomic mass is 10.3. The number of anilines is 1. The Hall–Kier alpha value is -2.06. The van der Waals surface area contributed by atoms with Crippen molar-refractivity contribution in [2.45, 2.75) is 5.09 Å². The number of furan rings is 1. The maximum absolute atomic E-state index is 13.6. The van der Waals surface area contributed by atoms with Crippen LogP contribution in [0.3, 0.4) is 0 Å². The highest BCUT2D eigenvalue weighted by atomic mass is 35.5. The molecule has 2 aromatic rings. The minimum absolute atomic E-state index is 0.254. The third kappa shape index (κ3) is 2.75. The Kier molecular flexibility index (Phi) is 3.69. The second-order valence-electron chi connectivity index (χ2n) is 3.63. The fraction of sp³-hybridized carbons (Fsp3) is 0. The number of carboxylic acid groups (broad SMARTS) is 1. The second kappa shape index (κ2) is 5.14. The van der Waals surface area contributed by atoms with Crippen LogP contribution in [0.5, 0.6) is 0 Å². The van der Waals surface area contributed by atoms with Crippen molar-refractivity contribution >= 4 is 33.3 Å². The number of hydrogen-bond donors (Lipinski definition) is 2. The number of carbonyl (C=O) groups is 1. The van der Waals surface area contributed by atoms with Crippen LogP contribution in [0.15, 0.2) is 39.8 Å². The molecule has 2 N–H and O–H groups in total. The van der Waals surface area contributed by atoms with Gasteiger partial charge in [0.1, 0.15) is 0 Å². The molecule has 0 aliphatic rings. The standard InChI is InChI=1S/C11H7ClFNO5S/c12-6-2-1-3-7(10(6)13)14-20(17,18)9-5-4-8(19-9)11(15)16/h1-5,14H,(H,15,16). The molecule has 106 valence electrons. The predicted octanol–water partition coefficient (Wildman–Crippen LogP) is 2.57. The van der Waals surface area contributed by atoms with Crippen LogP contribution in [-0.2, 0) is 10.0 Å². The van der Waals surface area contributed by atoms with Gasteiger partial charge in [-0.3, -0.25) is 4.72 Å². The third-order valence-electron chi connectivity index (χ3n) is 2.25. The lowest BCUT2D eigenvalue weighted by Gasteiger charge is -2.07. The predicted molar refractivity (Wildman–Crippen MR) is 67.9 cm³/mol. The highest BCUT2D eigenvalue weighted by Gasteiger charge is 2.22. The van der Waals surface area contributed by atoms with Crippen LogP contribution in [-0.4, -0.2) is 19.5 Å². The van der Waals surface area contributed by atoms with E-state index in [0.29, 0.717) is 0 Å². The van der Waals surface area contributed by atoms with Gasteiger partial charge in [0.2, 0.25) is 10.9 Å². The summed E-state index contributed by atoms with van der Waals surface area (Å²) in [4.78, 5) is 10.6. The summed E-state index contributed by atoms with van der Waals surface area (Å²) in [5.74, 6) is -2.90. The maximum Gasteiger partial charge on any atom is 0.371 e. The average Bonchev–Trinajstić information content (AvgIpc) is 2.85. The van der Waals surface area contributed by atoms with Gasteiger partial charge >= 0.3 is 5.97 Å². The van der Waals surface area contributed by atoms with Crippen molar-refractivity contribution in [2.24, 2.45) is 0 Å². The normalized spacial score (nSPS) is 11.3. The Morgan fingerprint density at radius 3 is 2.60 bits per heavy atom. The number of rotatable bonds is 4. The van der Waals surface area contributed by atoms with E-state index in [1.54, 1.807) is 0 Å². The van der Waals surface area contributed by atoms with E-state index in [0.717, 1.165) is 12.1 Å². The highest BCUT2D eigenvalue weighted by molar-refractivity contribution is 7.92. The number of benzene rings is 1. The van der Waals surface area contributed by atoms with Crippen LogP contribution in [0.2, 0.25) is 5.02 Å². The first-order chi connectivity index (χ1) is 9.31. The molecule has 9 heteroatoms. The van der Waals surface area contributed by atoms with Crippen LogP contribution in [0.1, 0.15) is 10.6 Å². The van der Waals surface area contributed by atoms with Gasteiger partial charge in [-0.1, -0.05) is 17.7 Å². The molecule has 0 unspecified atom stereocenters. The summed E-state index contributed by atoms with van der Waals surface area (Å²) in [5, 5.41) is 7.75. The molecule has 0 bridgehead atoms. The molecule has 0 amide bonds. The van der Waals surface area contributed by atoms with Gasteiger partial charge in [0.15, 0.2) is 5.82 Å². The lowest BCUT2D eigenvalue weighted by Crippen LogP contribution is -2.13. The fourth-order valence-corrected chi connectivity index (χ4v) is 2.53. The summed E-state index contributed by atoms with van der Waals surface area (Å²) in [6.45, 7) is 0. The Morgan fingerprint density at radius 1 is 1.30 bits per heavy atom. The Labute approximate surface area is 117 Å². The Balaban J connectivity index is 2.35. The van der Waals surface area contributed by atoms with E-state index < -0.39 is 32.7 Å². The van der Waals surface area contributed by atoms with Crippen molar-refractivity contribution < 1.29 is 27.1 Å². The van der Waals surface area contributed by atoms with Crippen molar-refractivity contribution in [3.63, 3.8) is 0 Å². The quantitative estimate of drug-likeness (QED) is 0.902. The van der Waals surface area contributed by atoms with Gasteiger partial charge < -0.3 is 9.52 Å². The molecule has 0 aliphatic carbocycles. The molecule has 2 rings (SSSR count). The molecule has 1 aromatic carbocycles. The molecule has 0 saturated carbocycles. The van der Waals surface area contributed by atoms with Gasteiger partial charge in [-0.25, -0.2) is 9.18 Å². The molecular formula is C11H7ClFNO5S. The number of halogens is 2. The molecule has 1 heterocycles. The Morgan fingerprint density at radius 2 is 2.00 bits per heavy atom. The first-order valence-electron chi connectivity index (χ1n) is 5.11. The zero-order valence-corrected chi connectivity index (χ0v) is 11.2. The van der Waals surface area contributed by atoms with Gasteiger partial charge in [0.25, 0.3) is 10.0 Å². The third-order valence-corrected chi connectivity index (χ3v) is 3.78. The van der Waals surface area contributed by atoms with Crippen molar-refractivity contribution in [2.75, 3.05) is 4.72 Å². The number of carboxylic acids is 1. The molecular weight excluding hydrogens is 313 g/mol. The van der Waals surface area contributed by atoms with Crippen molar-refractivity contribution in [1.29, 1.82) is 0 Å².